The molecule has 3 rings (SSSR count). The lowest BCUT2D eigenvalue weighted by atomic mass is 10.2. The van der Waals surface area contributed by atoms with Crippen LogP contribution in [0.1, 0.15) is 15.9 Å². The van der Waals surface area contributed by atoms with Crippen LogP contribution >= 0.6 is 39.1 Å². The van der Waals surface area contributed by atoms with Gasteiger partial charge in [0.25, 0.3) is 5.91 Å². The lowest BCUT2D eigenvalue weighted by molar-refractivity contribution is 0.102. The van der Waals surface area contributed by atoms with E-state index in [1.165, 1.54) is 0 Å². The first-order chi connectivity index (χ1) is 11.5. The Hall–Kier alpha value is -1.82. The summed E-state index contributed by atoms with van der Waals surface area (Å²) >= 11 is 15.4. The topological polar surface area (TPSA) is 46.9 Å². The average Bonchev–Trinajstić information content (AvgIpc) is 2.96. The van der Waals surface area contributed by atoms with E-state index in [-0.39, 0.29) is 5.91 Å². The third-order valence-electron chi connectivity index (χ3n) is 3.35. The summed E-state index contributed by atoms with van der Waals surface area (Å²) in [5, 5.41) is 8.12. The van der Waals surface area contributed by atoms with Crippen molar-refractivity contribution in [3.8, 4) is 0 Å². The van der Waals surface area contributed by atoms with Crippen molar-refractivity contribution in [1.82, 2.24) is 9.78 Å². The lowest BCUT2D eigenvalue weighted by Crippen LogP contribution is -2.16. The molecule has 0 unspecified atom stereocenters. The van der Waals surface area contributed by atoms with E-state index < -0.39 is 0 Å². The van der Waals surface area contributed by atoms with Gasteiger partial charge in [-0.25, -0.2) is 4.68 Å². The molecule has 1 amide bonds. The highest BCUT2D eigenvalue weighted by Crippen LogP contribution is 2.22. The number of halogens is 3. The molecule has 0 spiro atoms. The molecule has 0 aliphatic heterocycles. The van der Waals surface area contributed by atoms with Crippen molar-refractivity contribution in [2.45, 2.75) is 6.54 Å². The van der Waals surface area contributed by atoms with Gasteiger partial charge in [-0.2, -0.15) is 5.10 Å². The van der Waals surface area contributed by atoms with Crippen LogP contribution in [0.25, 0.3) is 0 Å². The Bertz CT molecular complexity index is 895. The van der Waals surface area contributed by atoms with Gasteiger partial charge in [-0.15, -0.1) is 0 Å². The minimum atomic E-state index is -0.297. The molecule has 0 saturated carbocycles. The van der Waals surface area contributed by atoms with E-state index in [9.17, 15) is 4.79 Å². The van der Waals surface area contributed by atoms with Gasteiger partial charge in [0.2, 0.25) is 0 Å². The predicted octanol–water partition coefficient (Wildman–Crippen LogP) is 5.25. The number of benzene rings is 2. The van der Waals surface area contributed by atoms with Crippen LogP contribution < -0.4 is 5.32 Å². The zero-order valence-corrected chi connectivity index (χ0v) is 15.4. The summed E-state index contributed by atoms with van der Waals surface area (Å²) < 4.78 is 2.47. The van der Waals surface area contributed by atoms with Gasteiger partial charge in [0.05, 0.1) is 23.3 Å². The van der Waals surface area contributed by atoms with E-state index in [2.05, 4.69) is 26.3 Å². The van der Waals surface area contributed by atoms with Crippen molar-refractivity contribution in [3.05, 3.63) is 80.4 Å². The monoisotopic (exact) mass is 423 g/mol. The van der Waals surface area contributed by atoms with Crippen molar-refractivity contribution in [2.75, 3.05) is 5.32 Å². The van der Waals surface area contributed by atoms with Gasteiger partial charge in [0, 0.05) is 15.6 Å². The molecule has 1 aromatic heterocycles. The van der Waals surface area contributed by atoms with E-state index in [4.69, 9.17) is 23.2 Å². The second kappa shape index (κ2) is 7.38. The number of amides is 1. The first-order valence-electron chi connectivity index (χ1n) is 7.05. The predicted molar refractivity (Wildman–Crippen MR) is 99.9 cm³/mol. The van der Waals surface area contributed by atoms with Gasteiger partial charge in [0.15, 0.2) is 0 Å². The number of rotatable bonds is 4. The molecule has 4 nitrogen and oxygen atoms in total. The van der Waals surface area contributed by atoms with E-state index in [1.807, 2.05) is 24.3 Å². The zero-order valence-electron chi connectivity index (χ0n) is 12.3. The van der Waals surface area contributed by atoms with Gasteiger partial charge in [-0.1, -0.05) is 51.3 Å². The molecular formula is C17H12BrCl2N3O. The van der Waals surface area contributed by atoms with Gasteiger partial charge >= 0.3 is 0 Å². The van der Waals surface area contributed by atoms with Crippen LogP contribution in [0.2, 0.25) is 10.0 Å². The van der Waals surface area contributed by atoms with Crippen molar-refractivity contribution in [3.63, 3.8) is 0 Å². The summed E-state index contributed by atoms with van der Waals surface area (Å²) in [6.45, 7) is 0.495. The van der Waals surface area contributed by atoms with Crippen LogP contribution in [0.4, 0.5) is 5.82 Å². The fourth-order valence-corrected chi connectivity index (χ4v) is 3.01. The maximum atomic E-state index is 12.5. The zero-order chi connectivity index (χ0) is 17.1. The molecule has 1 heterocycles. The quantitative estimate of drug-likeness (QED) is 0.621. The highest BCUT2D eigenvalue weighted by molar-refractivity contribution is 9.10. The lowest BCUT2D eigenvalue weighted by Gasteiger charge is -2.10. The molecule has 0 fully saturated rings. The Kier molecular flexibility index (Phi) is 5.23. The summed E-state index contributed by atoms with van der Waals surface area (Å²) in [5.74, 6) is 0.283. The Morgan fingerprint density at radius 3 is 2.79 bits per heavy atom. The van der Waals surface area contributed by atoms with Gasteiger partial charge in [-0.3, -0.25) is 4.79 Å². The highest BCUT2D eigenvalue weighted by atomic mass is 79.9. The second-order valence-electron chi connectivity index (χ2n) is 5.08. The van der Waals surface area contributed by atoms with Crippen LogP contribution in [0, 0.1) is 0 Å². The van der Waals surface area contributed by atoms with Gasteiger partial charge in [-0.05, 0) is 35.9 Å². The normalized spacial score (nSPS) is 10.6. The molecule has 1 N–H and O–H groups in total. The van der Waals surface area contributed by atoms with Crippen molar-refractivity contribution < 1.29 is 4.79 Å². The number of nitrogens with one attached hydrogen (secondary N) is 1. The first kappa shape index (κ1) is 17.0. The molecule has 122 valence electrons. The van der Waals surface area contributed by atoms with E-state index >= 15 is 0 Å². The standard InChI is InChI=1S/C17H12BrCl2N3O/c18-12-4-5-15(20)14(9-12)17(24)22-16-6-7-21-23(16)10-11-2-1-3-13(19)8-11/h1-9H,10H2,(H,22,24). The summed E-state index contributed by atoms with van der Waals surface area (Å²) in [5.41, 5.74) is 1.38. The molecule has 24 heavy (non-hydrogen) atoms. The third kappa shape index (κ3) is 3.98. The first-order valence-corrected chi connectivity index (χ1v) is 8.60. The number of carbonyl (C=O) groups is 1. The Morgan fingerprint density at radius 1 is 1.17 bits per heavy atom. The molecular weight excluding hydrogens is 413 g/mol. The Labute approximate surface area is 157 Å². The van der Waals surface area contributed by atoms with Crippen LogP contribution in [0.15, 0.2) is 59.2 Å². The van der Waals surface area contributed by atoms with Crippen molar-refractivity contribution >= 4 is 50.9 Å². The van der Waals surface area contributed by atoms with E-state index in [0.29, 0.717) is 28.0 Å². The van der Waals surface area contributed by atoms with Crippen molar-refractivity contribution in [2.24, 2.45) is 0 Å². The molecule has 0 bridgehead atoms. The second-order valence-corrected chi connectivity index (χ2v) is 6.84. The number of hydrogen-bond donors (Lipinski definition) is 1. The molecule has 2 aromatic carbocycles. The number of anilines is 1. The maximum Gasteiger partial charge on any atom is 0.258 e. The smallest absolute Gasteiger partial charge is 0.258 e. The highest BCUT2D eigenvalue weighted by Gasteiger charge is 2.13. The molecule has 0 saturated heterocycles. The summed E-state index contributed by atoms with van der Waals surface area (Å²) in [4.78, 5) is 12.5. The fourth-order valence-electron chi connectivity index (χ4n) is 2.23. The summed E-state index contributed by atoms with van der Waals surface area (Å²) in [7, 11) is 0. The number of nitrogens with zero attached hydrogens (tertiary/aromatic N) is 2. The molecule has 0 radical (unpaired) electrons. The largest absolute Gasteiger partial charge is 0.307 e. The number of aromatic nitrogens is 2. The van der Waals surface area contributed by atoms with E-state index in [1.54, 1.807) is 35.1 Å². The minimum Gasteiger partial charge on any atom is -0.307 e. The Morgan fingerprint density at radius 2 is 2.00 bits per heavy atom. The van der Waals surface area contributed by atoms with Crippen molar-refractivity contribution in [1.29, 1.82) is 0 Å². The molecule has 0 aliphatic rings. The molecule has 0 aliphatic carbocycles. The van der Waals surface area contributed by atoms with Crippen LogP contribution in [-0.4, -0.2) is 15.7 Å². The van der Waals surface area contributed by atoms with Crippen LogP contribution in [-0.2, 0) is 6.54 Å². The maximum absolute atomic E-state index is 12.5. The Balaban J connectivity index is 1.80. The van der Waals surface area contributed by atoms with Gasteiger partial charge < -0.3 is 5.32 Å². The summed E-state index contributed by atoms with van der Waals surface area (Å²) in [6.07, 6.45) is 1.63. The number of hydrogen-bond acceptors (Lipinski definition) is 2. The van der Waals surface area contributed by atoms with Crippen LogP contribution in [0.3, 0.4) is 0 Å². The number of carbonyl (C=O) groups excluding carboxylic acids is 1. The summed E-state index contributed by atoms with van der Waals surface area (Å²) in [6, 6.07) is 14.4. The SMILES string of the molecule is O=C(Nc1ccnn1Cc1cccc(Cl)c1)c1cc(Br)ccc1Cl. The molecule has 7 heteroatoms. The third-order valence-corrected chi connectivity index (χ3v) is 4.41. The van der Waals surface area contributed by atoms with Crippen LogP contribution in [0.5, 0.6) is 0 Å². The van der Waals surface area contributed by atoms with Gasteiger partial charge in [0.1, 0.15) is 5.82 Å². The fraction of sp³-hybridized carbons (Fsp3) is 0.0588. The minimum absolute atomic E-state index is 0.297. The molecule has 0 atom stereocenters. The molecule has 3 aromatic rings. The average molecular weight is 425 g/mol. The van der Waals surface area contributed by atoms with E-state index in [0.717, 1.165) is 10.0 Å².